The lowest BCUT2D eigenvalue weighted by Gasteiger charge is -2.27. The number of rotatable bonds is 5. The number of hydrogen-bond donors (Lipinski definition) is 2. The van der Waals surface area contributed by atoms with E-state index in [1.807, 2.05) is 18.3 Å². The van der Waals surface area contributed by atoms with E-state index in [1.165, 1.54) is 16.0 Å². The van der Waals surface area contributed by atoms with Crippen molar-refractivity contribution in [3.05, 3.63) is 52.6 Å². The van der Waals surface area contributed by atoms with E-state index >= 15 is 0 Å². The Hall–Kier alpha value is -2.18. The summed E-state index contributed by atoms with van der Waals surface area (Å²) in [6.45, 7) is 7.12. The van der Waals surface area contributed by atoms with Crippen LogP contribution in [-0.4, -0.2) is 28.9 Å². The van der Waals surface area contributed by atoms with Gasteiger partial charge in [-0.05, 0) is 36.5 Å². The van der Waals surface area contributed by atoms with Crippen LogP contribution in [0.2, 0.25) is 0 Å². The highest BCUT2D eigenvalue weighted by atomic mass is 32.1. The van der Waals surface area contributed by atoms with Crippen LogP contribution in [0.25, 0.3) is 0 Å². The minimum Gasteiger partial charge on any atom is -0.375 e. The zero-order chi connectivity index (χ0) is 18.5. The fourth-order valence-corrected chi connectivity index (χ4v) is 3.80. The molecule has 2 heterocycles. The summed E-state index contributed by atoms with van der Waals surface area (Å²) in [6, 6.07) is 8.07. The fraction of sp³-hybridized carbons (Fsp3) is 0.400. The molecular formula is C20H26N4OS. The Labute approximate surface area is 158 Å². The van der Waals surface area contributed by atoms with Crippen LogP contribution in [0.5, 0.6) is 0 Å². The largest absolute Gasteiger partial charge is 0.375 e. The number of benzene rings is 1. The standard InChI is InChI=1S/C20H26N4OS/c1-14(2)16-3-5-17(6-4-16)23-19(25)11-15-7-9-24(10-8-15)13-18-12-22-20(21)26-18/h3-6,11-12,14H,7-10,13H2,1-2H3,(H2,21,22)(H,23,25). The maximum atomic E-state index is 12.3. The number of nitrogens with one attached hydrogen (secondary N) is 1. The third-order valence-electron chi connectivity index (χ3n) is 4.63. The Morgan fingerprint density at radius 2 is 2.00 bits per heavy atom. The average Bonchev–Trinajstić information content (AvgIpc) is 3.02. The molecule has 0 unspecified atom stereocenters. The van der Waals surface area contributed by atoms with E-state index in [0.717, 1.165) is 38.2 Å². The molecule has 1 aliphatic heterocycles. The summed E-state index contributed by atoms with van der Waals surface area (Å²) in [7, 11) is 0. The molecule has 5 nitrogen and oxygen atoms in total. The van der Waals surface area contributed by atoms with Crippen LogP contribution in [0.15, 0.2) is 42.1 Å². The Morgan fingerprint density at radius 1 is 1.31 bits per heavy atom. The van der Waals surface area contributed by atoms with Gasteiger partial charge in [0, 0.05) is 42.5 Å². The molecule has 3 N–H and O–H groups in total. The van der Waals surface area contributed by atoms with Gasteiger partial charge in [0.05, 0.1) is 0 Å². The number of nitrogen functional groups attached to an aromatic ring is 1. The Kier molecular flexibility index (Phi) is 6.06. The van der Waals surface area contributed by atoms with Crippen LogP contribution in [0.3, 0.4) is 0 Å². The molecule has 1 aromatic heterocycles. The summed E-state index contributed by atoms with van der Waals surface area (Å²) in [5, 5.41) is 3.58. The molecule has 1 fully saturated rings. The molecule has 1 aliphatic rings. The minimum atomic E-state index is -0.0408. The smallest absolute Gasteiger partial charge is 0.248 e. The first-order chi connectivity index (χ1) is 12.5. The van der Waals surface area contributed by atoms with Gasteiger partial charge in [-0.25, -0.2) is 4.98 Å². The summed E-state index contributed by atoms with van der Waals surface area (Å²) < 4.78 is 0. The molecule has 6 heteroatoms. The van der Waals surface area contributed by atoms with Crippen LogP contribution < -0.4 is 11.1 Å². The summed E-state index contributed by atoms with van der Waals surface area (Å²) in [5.74, 6) is 0.453. The number of aromatic nitrogens is 1. The lowest BCUT2D eigenvalue weighted by molar-refractivity contribution is -0.112. The number of thiazole rings is 1. The third-order valence-corrected chi connectivity index (χ3v) is 5.44. The molecule has 1 amide bonds. The van der Waals surface area contributed by atoms with Crippen molar-refractivity contribution < 1.29 is 4.79 Å². The minimum absolute atomic E-state index is 0.0408. The molecule has 0 bridgehead atoms. The molecule has 1 saturated heterocycles. The number of carbonyl (C=O) groups excluding carboxylic acids is 1. The zero-order valence-corrected chi connectivity index (χ0v) is 16.2. The quantitative estimate of drug-likeness (QED) is 0.780. The summed E-state index contributed by atoms with van der Waals surface area (Å²) >= 11 is 1.54. The normalized spacial score (nSPS) is 15.3. The van der Waals surface area contributed by atoms with Crippen LogP contribution in [0.4, 0.5) is 10.8 Å². The number of nitrogens with zero attached hydrogens (tertiary/aromatic N) is 2. The van der Waals surface area contributed by atoms with Gasteiger partial charge >= 0.3 is 0 Å². The number of carbonyl (C=O) groups is 1. The lowest BCUT2D eigenvalue weighted by Crippen LogP contribution is -2.30. The second-order valence-electron chi connectivity index (χ2n) is 7.01. The second-order valence-corrected chi connectivity index (χ2v) is 8.16. The van der Waals surface area contributed by atoms with Gasteiger partial charge < -0.3 is 11.1 Å². The molecule has 26 heavy (non-hydrogen) atoms. The maximum Gasteiger partial charge on any atom is 0.248 e. The number of amides is 1. The van der Waals surface area contributed by atoms with E-state index in [1.54, 1.807) is 17.4 Å². The van der Waals surface area contributed by atoms with Gasteiger partial charge in [0.25, 0.3) is 0 Å². The van der Waals surface area contributed by atoms with Gasteiger partial charge in [-0.3, -0.25) is 9.69 Å². The molecular weight excluding hydrogens is 344 g/mol. The molecule has 138 valence electrons. The van der Waals surface area contributed by atoms with E-state index in [0.29, 0.717) is 11.0 Å². The van der Waals surface area contributed by atoms with E-state index in [-0.39, 0.29) is 5.91 Å². The van der Waals surface area contributed by atoms with Crippen molar-refractivity contribution in [3.63, 3.8) is 0 Å². The van der Waals surface area contributed by atoms with Gasteiger partial charge in [0.2, 0.25) is 5.91 Å². The number of anilines is 2. The highest BCUT2D eigenvalue weighted by Gasteiger charge is 2.16. The number of nitrogens with two attached hydrogens (primary N) is 1. The first-order valence-electron chi connectivity index (χ1n) is 9.02. The van der Waals surface area contributed by atoms with Crippen molar-refractivity contribution in [3.8, 4) is 0 Å². The van der Waals surface area contributed by atoms with Crippen molar-refractivity contribution in [2.24, 2.45) is 0 Å². The first-order valence-corrected chi connectivity index (χ1v) is 9.84. The van der Waals surface area contributed by atoms with Crippen molar-refractivity contribution in [2.75, 3.05) is 24.1 Å². The molecule has 0 saturated carbocycles. The predicted molar refractivity (Wildman–Crippen MR) is 108 cm³/mol. The molecule has 3 rings (SSSR count). The predicted octanol–water partition coefficient (Wildman–Crippen LogP) is 4.01. The van der Waals surface area contributed by atoms with Gasteiger partial charge in [0.1, 0.15) is 0 Å². The van der Waals surface area contributed by atoms with E-state index in [4.69, 9.17) is 5.73 Å². The number of likely N-dealkylation sites (tertiary alicyclic amines) is 1. The van der Waals surface area contributed by atoms with Crippen LogP contribution in [0.1, 0.15) is 43.0 Å². The Bertz CT molecular complexity index is 769. The highest BCUT2D eigenvalue weighted by Crippen LogP contribution is 2.22. The van der Waals surface area contributed by atoms with Crippen molar-refractivity contribution >= 4 is 28.1 Å². The van der Waals surface area contributed by atoms with Crippen LogP contribution in [-0.2, 0) is 11.3 Å². The third kappa shape index (κ3) is 5.16. The number of hydrogen-bond acceptors (Lipinski definition) is 5. The molecule has 0 radical (unpaired) electrons. The van der Waals surface area contributed by atoms with Gasteiger partial charge in [-0.1, -0.05) is 31.6 Å². The van der Waals surface area contributed by atoms with E-state index in [2.05, 4.69) is 41.2 Å². The van der Waals surface area contributed by atoms with Gasteiger partial charge in [-0.15, -0.1) is 11.3 Å². The van der Waals surface area contributed by atoms with Gasteiger partial charge in [0.15, 0.2) is 5.13 Å². The second kappa shape index (κ2) is 8.47. The Morgan fingerprint density at radius 3 is 2.58 bits per heavy atom. The Balaban J connectivity index is 1.48. The monoisotopic (exact) mass is 370 g/mol. The topological polar surface area (TPSA) is 71.2 Å². The van der Waals surface area contributed by atoms with Crippen LogP contribution >= 0.6 is 11.3 Å². The van der Waals surface area contributed by atoms with Gasteiger partial charge in [-0.2, -0.15) is 0 Å². The average molecular weight is 371 g/mol. The zero-order valence-electron chi connectivity index (χ0n) is 15.4. The molecule has 0 spiro atoms. The molecule has 0 atom stereocenters. The first kappa shape index (κ1) is 18.6. The van der Waals surface area contributed by atoms with Crippen molar-refractivity contribution in [1.29, 1.82) is 0 Å². The summed E-state index contributed by atoms with van der Waals surface area (Å²) in [6.07, 6.45) is 5.46. The summed E-state index contributed by atoms with van der Waals surface area (Å²) in [5.41, 5.74) is 9.01. The molecule has 1 aromatic carbocycles. The van der Waals surface area contributed by atoms with Crippen LogP contribution in [0, 0.1) is 0 Å². The van der Waals surface area contributed by atoms with E-state index < -0.39 is 0 Å². The van der Waals surface area contributed by atoms with E-state index in [9.17, 15) is 4.79 Å². The highest BCUT2D eigenvalue weighted by molar-refractivity contribution is 7.15. The van der Waals surface area contributed by atoms with Crippen molar-refractivity contribution in [1.82, 2.24) is 9.88 Å². The fourth-order valence-electron chi connectivity index (χ4n) is 3.07. The van der Waals surface area contributed by atoms with Crippen molar-refractivity contribution in [2.45, 2.75) is 39.2 Å². The number of piperidine rings is 1. The molecule has 0 aliphatic carbocycles. The maximum absolute atomic E-state index is 12.3. The SMILES string of the molecule is CC(C)c1ccc(NC(=O)C=C2CCN(Cc3cnc(N)s3)CC2)cc1. The lowest BCUT2D eigenvalue weighted by atomic mass is 10.0. The molecule has 2 aromatic rings. The summed E-state index contributed by atoms with van der Waals surface area (Å²) in [4.78, 5) is 19.9.